The molecule has 1 aromatic carbocycles. The van der Waals surface area contributed by atoms with E-state index in [2.05, 4.69) is 78.8 Å². The van der Waals surface area contributed by atoms with Crippen molar-refractivity contribution in [2.45, 2.75) is 60.3 Å². The third-order valence-electron chi connectivity index (χ3n) is 5.59. The van der Waals surface area contributed by atoms with Crippen LogP contribution >= 0.6 is 17.0 Å². The van der Waals surface area contributed by atoms with Crippen LogP contribution in [0.4, 0.5) is 0 Å². The summed E-state index contributed by atoms with van der Waals surface area (Å²) < 4.78 is 1.18. The van der Waals surface area contributed by atoms with Crippen LogP contribution in [0.15, 0.2) is 29.8 Å². The average molecular weight is 383 g/mol. The molecule has 2 heteroatoms. The molecule has 0 bridgehead atoms. The van der Waals surface area contributed by atoms with Crippen LogP contribution in [0.2, 0.25) is 0 Å². The molecule has 0 N–H and O–H groups in total. The van der Waals surface area contributed by atoms with Gasteiger partial charge in [0.1, 0.15) is 6.54 Å². The van der Waals surface area contributed by atoms with E-state index in [0.29, 0.717) is 0 Å². The second-order valence-electron chi connectivity index (χ2n) is 7.30. The summed E-state index contributed by atoms with van der Waals surface area (Å²) in [7, 11) is 0. The van der Waals surface area contributed by atoms with Gasteiger partial charge in [-0.2, -0.15) is 0 Å². The first kappa shape index (κ1) is 22.4. The summed E-state index contributed by atoms with van der Waals surface area (Å²) >= 11 is 0. The van der Waals surface area contributed by atoms with Crippen LogP contribution in [-0.2, 0) is 5.41 Å². The van der Waals surface area contributed by atoms with Gasteiger partial charge in [0.25, 0.3) is 0 Å². The van der Waals surface area contributed by atoms with Crippen LogP contribution in [0, 0.1) is 0 Å². The zero-order valence-electron chi connectivity index (χ0n) is 16.3. The van der Waals surface area contributed by atoms with E-state index in [4.69, 9.17) is 0 Å². The number of quaternary nitrogens is 1. The van der Waals surface area contributed by atoms with Gasteiger partial charge >= 0.3 is 0 Å². The molecule has 0 spiro atoms. The van der Waals surface area contributed by atoms with Crippen molar-refractivity contribution >= 4 is 23.1 Å². The maximum absolute atomic E-state index is 2.36. The van der Waals surface area contributed by atoms with Gasteiger partial charge in [-0.25, -0.2) is 0 Å². The smallest absolute Gasteiger partial charge is 0.100 e. The van der Waals surface area contributed by atoms with Gasteiger partial charge in [0.2, 0.25) is 0 Å². The Hall–Kier alpha value is -0.600. The normalized spacial score (nSPS) is 12.9. The van der Waals surface area contributed by atoms with Crippen LogP contribution in [0.1, 0.15) is 66.0 Å². The minimum absolute atomic E-state index is 0. The molecule has 0 atom stereocenters. The summed E-state index contributed by atoms with van der Waals surface area (Å²) in [4.78, 5) is 0. The lowest BCUT2D eigenvalue weighted by molar-refractivity contribution is -0.918. The maximum atomic E-state index is 2.36. The zero-order chi connectivity index (χ0) is 16.8. The van der Waals surface area contributed by atoms with Gasteiger partial charge in [-0.05, 0) is 56.2 Å². The molecule has 0 radical (unpaired) electrons. The Morgan fingerprint density at radius 3 is 1.83 bits per heavy atom. The number of likely N-dealkylation sites (N-methyl/N-ethyl adjacent to an activating group) is 1. The summed E-state index contributed by atoms with van der Waals surface area (Å²) in [6, 6.07) is 9.14. The first-order valence-electron chi connectivity index (χ1n) is 8.95. The Morgan fingerprint density at radius 2 is 1.43 bits per heavy atom. The first-order chi connectivity index (χ1) is 10.3. The lowest BCUT2D eigenvalue weighted by Crippen LogP contribution is -2.48. The van der Waals surface area contributed by atoms with Crippen molar-refractivity contribution in [1.29, 1.82) is 0 Å². The summed E-state index contributed by atoms with van der Waals surface area (Å²) in [5.74, 6) is 0. The third kappa shape index (κ3) is 6.08. The highest BCUT2D eigenvalue weighted by atomic mass is 79.9. The summed E-state index contributed by atoms with van der Waals surface area (Å²) in [6.07, 6.45) is 3.53. The monoisotopic (exact) mass is 382 g/mol. The highest BCUT2D eigenvalue weighted by Crippen LogP contribution is 2.27. The molecule has 0 fully saturated rings. The van der Waals surface area contributed by atoms with E-state index in [-0.39, 0.29) is 22.4 Å². The average Bonchev–Trinajstić information content (AvgIpc) is 2.53. The number of benzene rings is 1. The fourth-order valence-electron chi connectivity index (χ4n) is 3.10. The second kappa shape index (κ2) is 9.64. The Kier molecular flexibility index (Phi) is 9.39. The van der Waals surface area contributed by atoms with Crippen LogP contribution in [-0.4, -0.2) is 30.7 Å². The molecule has 0 aliphatic heterocycles. The molecule has 0 aliphatic rings. The Labute approximate surface area is 155 Å². The SMILES string of the molecule is Br.CCC(C)(C)c1ccc(/C=C(\C)C[N+](CC)(CC)CC)cc1. The predicted molar refractivity (Wildman–Crippen MR) is 110 cm³/mol. The van der Waals surface area contributed by atoms with E-state index in [0.717, 1.165) is 6.54 Å². The summed E-state index contributed by atoms with van der Waals surface area (Å²) in [5.41, 5.74) is 4.52. The van der Waals surface area contributed by atoms with Crippen molar-refractivity contribution in [2.75, 3.05) is 26.2 Å². The van der Waals surface area contributed by atoms with Gasteiger partial charge in [-0.15, -0.1) is 17.0 Å². The fourth-order valence-corrected chi connectivity index (χ4v) is 3.10. The fraction of sp³-hybridized carbons (Fsp3) is 0.619. The van der Waals surface area contributed by atoms with E-state index in [1.54, 1.807) is 0 Å². The minimum Gasteiger partial charge on any atom is -0.321 e. The Bertz CT molecular complexity index is 473. The Balaban J connectivity index is 0.00000484. The van der Waals surface area contributed by atoms with E-state index < -0.39 is 0 Å². The molecule has 1 nitrogen and oxygen atoms in total. The number of rotatable bonds is 8. The van der Waals surface area contributed by atoms with Gasteiger partial charge in [0.05, 0.1) is 19.6 Å². The molecule has 132 valence electrons. The summed E-state index contributed by atoms with van der Waals surface area (Å²) in [5, 5.41) is 0. The number of hydrogen-bond donors (Lipinski definition) is 0. The lowest BCUT2D eigenvalue weighted by Gasteiger charge is -2.36. The molecule has 1 aromatic rings. The van der Waals surface area contributed by atoms with Crippen LogP contribution in [0.25, 0.3) is 6.08 Å². The van der Waals surface area contributed by atoms with Crippen molar-refractivity contribution in [2.24, 2.45) is 0 Å². The third-order valence-corrected chi connectivity index (χ3v) is 5.59. The van der Waals surface area contributed by atoms with Crippen LogP contribution < -0.4 is 0 Å². The minimum atomic E-state index is 0. The van der Waals surface area contributed by atoms with E-state index in [1.165, 1.54) is 47.2 Å². The topological polar surface area (TPSA) is 0 Å². The molecule has 0 aromatic heterocycles. The molecule has 0 saturated heterocycles. The quantitative estimate of drug-likeness (QED) is 0.467. The van der Waals surface area contributed by atoms with Crippen molar-refractivity contribution in [3.05, 3.63) is 41.0 Å². The second-order valence-corrected chi connectivity index (χ2v) is 7.30. The first-order valence-corrected chi connectivity index (χ1v) is 8.95. The van der Waals surface area contributed by atoms with Crippen molar-refractivity contribution in [3.8, 4) is 0 Å². The number of halogens is 1. The molecule has 0 aliphatic carbocycles. The Morgan fingerprint density at radius 1 is 0.957 bits per heavy atom. The summed E-state index contributed by atoms with van der Waals surface area (Å²) in [6.45, 7) is 20.9. The molecule has 0 amide bonds. The van der Waals surface area contributed by atoms with E-state index in [1.807, 2.05) is 0 Å². The highest BCUT2D eigenvalue weighted by Gasteiger charge is 2.21. The molecular formula is C21H37BrN+. The molecule has 23 heavy (non-hydrogen) atoms. The molecule has 0 unspecified atom stereocenters. The molecule has 0 heterocycles. The van der Waals surface area contributed by atoms with Gasteiger partial charge in [-0.3, -0.25) is 0 Å². The molecular weight excluding hydrogens is 346 g/mol. The van der Waals surface area contributed by atoms with E-state index in [9.17, 15) is 0 Å². The van der Waals surface area contributed by atoms with Gasteiger partial charge in [-0.1, -0.05) is 51.1 Å². The van der Waals surface area contributed by atoms with Crippen molar-refractivity contribution in [1.82, 2.24) is 0 Å². The molecule has 0 saturated carbocycles. The number of nitrogens with zero attached hydrogens (tertiary/aromatic N) is 1. The van der Waals surface area contributed by atoms with Crippen LogP contribution in [0.5, 0.6) is 0 Å². The number of hydrogen-bond acceptors (Lipinski definition) is 0. The van der Waals surface area contributed by atoms with Crippen LogP contribution in [0.3, 0.4) is 0 Å². The van der Waals surface area contributed by atoms with Gasteiger partial charge in [0, 0.05) is 0 Å². The largest absolute Gasteiger partial charge is 0.321 e. The highest BCUT2D eigenvalue weighted by molar-refractivity contribution is 8.93. The predicted octanol–water partition coefficient (Wildman–Crippen LogP) is 6.23. The lowest BCUT2D eigenvalue weighted by atomic mass is 9.82. The molecule has 1 rings (SSSR count). The van der Waals surface area contributed by atoms with Gasteiger partial charge < -0.3 is 4.48 Å². The van der Waals surface area contributed by atoms with Crippen molar-refractivity contribution in [3.63, 3.8) is 0 Å². The van der Waals surface area contributed by atoms with E-state index >= 15 is 0 Å². The maximum Gasteiger partial charge on any atom is 0.100 e. The van der Waals surface area contributed by atoms with Crippen molar-refractivity contribution < 1.29 is 4.48 Å². The standard InChI is InChI=1S/C21H36N.BrH/c1-8-21(6,7)20-14-12-19(13-15-20)16-18(5)17-22(9-2,10-3)11-4;/h12-16H,8-11,17H2,1-7H3;1H/q+1;/b18-16+;. The van der Waals surface area contributed by atoms with Gasteiger partial charge in [0.15, 0.2) is 0 Å². The zero-order valence-corrected chi connectivity index (χ0v) is 18.0.